The second kappa shape index (κ2) is 7.36. The first-order valence-corrected chi connectivity index (χ1v) is 7.22. The SMILES string of the molecule is C=c1cccc/c1=C(/C=C\C)N=Nc1ccc(N(C)C)cc1. The second-order valence-corrected chi connectivity index (χ2v) is 5.15. The molecule has 0 aliphatic heterocycles. The molecule has 0 N–H and O–H groups in total. The molecule has 0 saturated carbocycles. The maximum Gasteiger partial charge on any atom is 0.0931 e. The van der Waals surface area contributed by atoms with Crippen molar-refractivity contribution >= 4 is 23.7 Å². The summed E-state index contributed by atoms with van der Waals surface area (Å²) in [5, 5.41) is 10.7. The van der Waals surface area contributed by atoms with Crippen LogP contribution in [0.2, 0.25) is 0 Å². The minimum Gasteiger partial charge on any atom is -0.378 e. The van der Waals surface area contributed by atoms with Gasteiger partial charge in [0.1, 0.15) is 0 Å². The van der Waals surface area contributed by atoms with Gasteiger partial charge in [0.25, 0.3) is 0 Å². The van der Waals surface area contributed by atoms with Gasteiger partial charge in [0.2, 0.25) is 0 Å². The van der Waals surface area contributed by atoms with E-state index in [1.54, 1.807) is 0 Å². The zero-order chi connectivity index (χ0) is 15.9. The molecule has 0 amide bonds. The maximum atomic E-state index is 4.39. The Kier molecular flexibility index (Phi) is 5.26. The van der Waals surface area contributed by atoms with E-state index in [0.717, 1.165) is 27.5 Å². The van der Waals surface area contributed by atoms with Crippen LogP contribution in [0.15, 0.2) is 70.9 Å². The highest BCUT2D eigenvalue weighted by Crippen LogP contribution is 2.19. The summed E-state index contributed by atoms with van der Waals surface area (Å²) in [6, 6.07) is 15.9. The lowest BCUT2D eigenvalue weighted by Gasteiger charge is -2.11. The van der Waals surface area contributed by atoms with Crippen LogP contribution in [-0.4, -0.2) is 14.1 Å². The Morgan fingerprint density at radius 2 is 1.73 bits per heavy atom. The molecule has 0 bridgehead atoms. The second-order valence-electron chi connectivity index (χ2n) is 5.15. The lowest BCUT2D eigenvalue weighted by atomic mass is 10.2. The van der Waals surface area contributed by atoms with Gasteiger partial charge in [-0.3, -0.25) is 0 Å². The van der Waals surface area contributed by atoms with Crippen molar-refractivity contribution in [2.24, 2.45) is 10.2 Å². The van der Waals surface area contributed by atoms with Crippen LogP contribution in [0, 0.1) is 0 Å². The van der Waals surface area contributed by atoms with Crippen molar-refractivity contribution in [3.05, 3.63) is 71.1 Å². The van der Waals surface area contributed by atoms with Gasteiger partial charge in [-0.2, -0.15) is 5.11 Å². The molecule has 0 atom stereocenters. The average Bonchev–Trinajstić information content (AvgIpc) is 2.52. The molecule has 22 heavy (non-hydrogen) atoms. The summed E-state index contributed by atoms with van der Waals surface area (Å²) in [4.78, 5) is 2.05. The Morgan fingerprint density at radius 3 is 2.32 bits per heavy atom. The summed E-state index contributed by atoms with van der Waals surface area (Å²) in [6.45, 7) is 6.01. The number of rotatable bonds is 4. The molecule has 3 heteroatoms. The normalized spacial score (nSPS) is 12.9. The summed E-state index contributed by atoms with van der Waals surface area (Å²) in [5.74, 6) is 0. The monoisotopic (exact) mass is 291 g/mol. The quantitative estimate of drug-likeness (QED) is 0.791. The lowest BCUT2D eigenvalue weighted by Crippen LogP contribution is -2.23. The Morgan fingerprint density at radius 1 is 1.05 bits per heavy atom. The van der Waals surface area contributed by atoms with Crippen molar-refractivity contribution in [3.8, 4) is 0 Å². The number of anilines is 1. The van der Waals surface area contributed by atoms with Crippen LogP contribution in [-0.2, 0) is 0 Å². The topological polar surface area (TPSA) is 28.0 Å². The molecule has 2 aromatic rings. The fourth-order valence-corrected chi connectivity index (χ4v) is 2.03. The molecule has 0 saturated heterocycles. The van der Waals surface area contributed by atoms with Crippen LogP contribution >= 0.6 is 0 Å². The van der Waals surface area contributed by atoms with Gasteiger partial charge in [0, 0.05) is 25.0 Å². The van der Waals surface area contributed by atoms with E-state index in [1.165, 1.54) is 0 Å². The van der Waals surface area contributed by atoms with Gasteiger partial charge in [-0.1, -0.05) is 36.9 Å². The molecule has 112 valence electrons. The Balaban J connectivity index is 2.39. The van der Waals surface area contributed by atoms with E-state index in [2.05, 4.69) is 21.7 Å². The molecular weight excluding hydrogens is 270 g/mol. The molecule has 0 aliphatic rings. The lowest BCUT2D eigenvalue weighted by molar-refractivity contribution is 1.13. The van der Waals surface area contributed by atoms with Crippen LogP contribution in [0.4, 0.5) is 11.4 Å². The molecule has 3 nitrogen and oxygen atoms in total. The predicted octanol–water partition coefficient (Wildman–Crippen LogP) is 3.63. The number of hydrogen-bond acceptors (Lipinski definition) is 3. The van der Waals surface area contributed by atoms with Crippen molar-refractivity contribution in [2.45, 2.75) is 6.92 Å². The van der Waals surface area contributed by atoms with Crippen molar-refractivity contribution in [1.82, 2.24) is 0 Å². The van der Waals surface area contributed by atoms with Gasteiger partial charge in [-0.15, -0.1) is 5.11 Å². The summed E-state index contributed by atoms with van der Waals surface area (Å²) in [7, 11) is 4.03. The molecule has 0 spiro atoms. The summed E-state index contributed by atoms with van der Waals surface area (Å²) in [5.41, 5.74) is 2.78. The fourth-order valence-electron chi connectivity index (χ4n) is 2.03. The Labute approximate surface area is 131 Å². The van der Waals surface area contributed by atoms with Gasteiger partial charge in [-0.25, -0.2) is 0 Å². The highest BCUT2D eigenvalue weighted by Gasteiger charge is 1.96. The van der Waals surface area contributed by atoms with E-state index in [0.29, 0.717) is 0 Å². The third-order valence-corrected chi connectivity index (χ3v) is 3.26. The van der Waals surface area contributed by atoms with Crippen molar-refractivity contribution in [1.29, 1.82) is 0 Å². The van der Waals surface area contributed by atoms with E-state index >= 15 is 0 Å². The number of allylic oxidation sites excluding steroid dienone is 1. The largest absolute Gasteiger partial charge is 0.378 e. The number of nitrogens with zero attached hydrogens (tertiary/aromatic N) is 3. The standard InChI is InChI=1S/C19H21N3/c1-5-8-19(18-10-7-6-9-15(18)2)21-20-16-11-13-17(14-12-16)22(3)4/h5-14H,2H2,1,3-4H3/b8-5-,19-18+,21-20?. The predicted molar refractivity (Wildman–Crippen MR) is 94.7 cm³/mol. The highest BCUT2D eigenvalue weighted by atomic mass is 15.1. The molecular formula is C19H21N3. The van der Waals surface area contributed by atoms with E-state index < -0.39 is 0 Å². The first kappa shape index (κ1) is 15.7. The van der Waals surface area contributed by atoms with Gasteiger partial charge < -0.3 is 4.90 Å². The van der Waals surface area contributed by atoms with Gasteiger partial charge >= 0.3 is 0 Å². The minimum absolute atomic E-state index is 0.810. The molecule has 2 rings (SSSR count). The van der Waals surface area contributed by atoms with E-state index in [4.69, 9.17) is 0 Å². The Bertz CT molecular complexity index is 784. The van der Waals surface area contributed by atoms with Crippen LogP contribution in [0.1, 0.15) is 6.92 Å². The molecule has 0 aromatic heterocycles. The first-order valence-electron chi connectivity index (χ1n) is 7.22. The average molecular weight is 291 g/mol. The molecule has 0 radical (unpaired) electrons. The molecule has 0 fully saturated rings. The molecule has 0 heterocycles. The van der Waals surface area contributed by atoms with Crippen LogP contribution < -0.4 is 15.3 Å². The van der Waals surface area contributed by atoms with E-state index in [1.807, 2.05) is 81.7 Å². The van der Waals surface area contributed by atoms with Gasteiger partial charge in [0.05, 0.1) is 11.4 Å². The number of hydrogen-bond donors (Lipinski definition) is 0. The zero-order valence-corrected chi connectivity index (χ0v) is 13.3. The number of benzene rings is 2. The third-order valence-electron chi connectivity index (χ3n) is 3.26. The third kappa shape index (κ3) is 3.92. The summed E-state index contributed by atoms with van der Waals surface area (Å²) in [6.07, 6.45) is 3.90. The highest BCUT2D eigenvalue weighted by molar-refractivity contribution is 5.56. The number of azo groups is 1. The molecule has 2 aromatic carbocycles. The summed E-state index contributed by atoms with van der Waals surface area (Å²) >= 11 is 0. The van der Waals surface area contributed by atoms with Crippen molar-refractivity contribution < 1.29 is 0 Å². The Hall–Kier alpha value is -2.68. The molecule has 0 aliphatic carbocycles. The molecule has 0 unspecified atom stereocenters. The fraction of sp³-hybridized carbons (Fsp3) is 0.158. The van der Waals surface area contributed by atoms with Gasteiger partial charge in [0.15, 0.2) is 0 Å². The van der Waals surface area contributed by atoms with Crippen LogP contribution in [0.3, 0.4) is 0 Å². The zero-order valence-electron chi connectivity index (χ0n) is 13.3. The van der Waals surface area contributed by atoms with Crippen LogP contribution in [0.5, 0.6) is 0 Å². The van der Waals surface area contributed by atoms with Crippen LogP contribution in [0.25, 0.3) is 12.3 Å². The summed E-state index contributed by atoms with van der Waals surface area (Å²) < 4.78 is 0. The van der Waals surface area contributed by atoms with Crippen molar-refractivity contribution in [3.63, 3.8) is 0 Å². The van der Waals surface area contributed by atoms with E-state index in [-0.39, 0.29) is 0 Å². The minimum atomic E-state index is 0.810. The van der Waals surface area contributed by atoms with Crippen molar-refractivity contribution in [2.75, 3.05) is 19.0 Å². The smallest absolute Gasteiger partial charge is 0.0931 e. The van der Waals surface area contributed by atoms with Gasteiger partial charge in [-0.05, 0) is 42.5 Å². The first-order chi connectivity index (χ1) is 10.6. The maximum absolute atomic E-state index is 4.39. The van der Waals surface area contributed by atoms with E-state index in [9.17, 15) is 0 Å².